The molecule has 0 aromatic heterocycles. The Morgan fingerprint density at radius 3 is 2.45 bits per heavy atom. The summed E-state index contributed by atoms with van der Waals surface area (Å²) in [6.07, 6.45) is 6.82. The van der Waals surface area contributed by atoms with Gasteiger partial charge in [0, 0.05) is 11.6 Å². The lowest BCUT2D eigenvalue weighted by atomic mass is 9.71. The quantitative estimate of drug-likeness (QED) is 0.776. The molecule has 3 heteroatoms. The standard InChI is InChI=1S/C19H30ClNO/c1-3-21(4-2)14-13-19(22,16-9-6-5-7-10-16)17-11-8-12-18(20)15-17/h8,11-12,15-16,22H,3-7,9-10,13-14H2,1-2H3/t19-/m1/s1. The van der Waals surface area contributed by atoms with Crippen molar-refractivity contribution in [2.45, 2.75) is 58.0 Å². The third-order valence-corrected chi connectivity index (χ3v) is 5.54. The molecule has 1 N–H and O–H groups in total. The number of hydrogen-bond acceptors (Lipinski definition) is 2. The number of hydrogen-bond donors (Lipinski definition) is 1. The van der Waals surface area contributed by atoms with Crippen LogP contribution in [0.3, 0.4) is 0 Å². The van der Waals surface area contributed by atoms with Crippen molar-refractivity contribution in [3.63, 3.8) is 0 Å². The van der Waals surface area contributed by atoms with Crippen LogP contribution in [0.5, 0.6) is 0 Å². The Morgan fingerprint density at radius 2 is 1.86 bits per heavy atom. The van der Waals surface area contributed by atoms with Crippen LogP contribution in [0, 0.1) is 5.92 Å². The highest BCUT2D eigenvalue weighted by atomic mass is 35.5. The zero-order chi connectivity index (χ0) is 16.0. The van der Waals surface area contributed by atoms with Crippen molar-refractivity contribution in [2.24, 2.45) is 5.92 Å². The Balaban J connectivity index is 2.22. The third-order valence-electron chi connectivity index (χ3n) is 5.31. The van der Waals surface area contributed by atoms with Gasteiger partial charge in [0.05, 0.1) is 5.60 Å². The Morgan fingerprint density at radius 1 is 1.18 bits per heavy atom. The molecule has 1 aliphatic carbocycles. The second-order valence-electron chi connectivity index (χ2n) is 6.55. The first-order chi connectivity index (χ1) is 10.6. The molecule has 0 unspecified atom stereocenters. The number of halogens is 1. The van der Waals surface area contributed by atoms with Gasteiger partial charge in [-0.3, -0.25) is 0 Å². The number of nitrogens with zero attached hydrogens (tertiary/aromatic N) is 1. The van der Waals surface area contributed by atoms with Gasteiger partial charge in [0.15, 0.2) is 0 Å². The molecule has 0 amide bonds. The lowest BCUT2D eigenvalue weighted by Gasteiger charge is -2.40. The summed E-state index contributed by atoms with van der Waals surface area (Å²) in [7, 11) is 0. The van der Waals surface area contributed by atoms with Crippen molar-refractivity contribution in [1.82, 2.24) is 4.90 Å². The summed E-state index contributed by atoms with van der Waals surface area (Å²) >= 11 is 6.19. The van der Waals surface area contributed by atoms with Crippen LogP contribution >= 0.6 is 11.6 Å². The number of rotatable bonds is 7. The fourth-order valence-corrected chi connectivity index (χ4v) is 3.98. The molecule has 1 aliphatic rings. The average molecular weight is 324 g/mol. The molecule has 2 nitrogen and oxygen atoms in total. The molecule has 1 saturated carbocycles. The summed E-state index contributed by atoms with van der Waals surface area (Å²) in [4.78, 5) is 2.39. The smallest absolute Gasteiger partial charge is 0.0937 e. The molecule has 1 fully saturated rings. The van der Waals surface area contributed by atoms with E-state index in [9.17, 15) is 5.11 Å². The van der Waals surface area contributed by atoms with Gasteiger partial charge in [0.2, 0.25) is 0 Å². The maximum Gasteiger partial charge on any atom is 0.0937 e. The van der Waals surface area contributed by atoms with E-state index in [0.717, 1.165) is 49.5 Å². The first-order valence-corrected chi connectivity index (χ1v) is 9.18. The van der Waals surface area contributed by atoms with E-state index in [0.29, 0.717) is 5.92 Å². The first kappa shape index (κ1) is 17.8. The average Bonchev–Trinajstić information content (AvgIpc) is 2.56. The summed E-state index contributed by atoms with van der Waals surface area (Å²) in [5.74, 6) is 0.357. The van der Waals surface area contributed by atoms with E-state index in [1.807, 2.05) is 24.3 Å². The topological polar surface area (TPSA) is 23.5 Å². The molecule has 124 valence electrons. The minimum absolute atomic E-state index is 0.357. The zero-order valence-corrected chi connectivity index (χ0v) is 14.8. The monoisotopic (exact) mass is 323 g/mol. The molecule has 1 atom stereocenters. The van der Waals surface area contributed by atoms with Crippen LogP contribution in [0.1, 0.15) is 57.9 Å². The van der Waals surface area contributed by atoms with Gasteiger partial charge in [0.25, 0.3) is 0 Å². The van der Waals surface area contributed by atoms with E-state index in [4.69, 9.17) is 11.6 Å². The maximum absolute atomic E-state index is 11.6. The van der Waals surface area contributed by atoms with Gasteiger partial charge in [-0.25, -0.2) is 0 Å². The second-order valence-corrected chi connectivity index (χ2v) is 6.98. The summed E-state index contributed by atoms with van der Waals surface area (Å²) in [5.41, 5.74) is 0.257. The van der Waals surface area contributed by atoms with Crippen molar-refractivity contribution in [3.8, 4) is 0 Å². The maximum atomic E-state index is 11.6. The van der Waals surface area contributed by atoms with Gasteiger partial charge in [0.1, 0.15) is 0 Å². The first-order valence-electron chi connectivity index (χ1n) is 8.81. The number of benzene rings is 1. The largest absolute Gasteiger partial charge is 0.385 e. The van der Waals surface area contributed by atoms with Crippen LogP contribution in [-0.2, 0) is 5.60 Å². The molecule has 1 aromatic carbocycles. The molecule has 22 heavy (non-hydrogen) atoms. The van der Waals surface area contributed by atoms with E-state index in [1.54, 1.807) is 0 Å². The molecule has 0 spiro atoms. The van der Waals surface area contributed by atoms with E-state index in [-0.39, 0.29) is 0 Å². The minimum Gasteiger partial charge on any atom is -0.385 e. The zero-order valence-electron chi connectivity index (χ0n) is 14.0. The van der Waals surface area contributed by atoms with Gasteiger partial charge in [-0.1, -0.05) is 56.8 Å². The molecular formula is C19H30ClNO. The minimum atomic E-state index is -0.742. The molecular weight excluding hydrogens is 294 g/mol. The van der Waals surface area contributed by atoms with Crippen LogP contribution in [0.2, 0.25) is 5.02 Å². The van der Waals surface area contributed by atoms with Crippen molar-refractivity contribution in [3.05, 3.63) is 34.9 Å². The van der Waals surface area contributed by atoms with Gasteiger partial charge in [-0.05, 0) is 56.0 Å². The lowest BCUT2D eigenvalue weighted by Crippen LogP contribution is -2.40. The normalized spacial score (nSPS) is 19.3. The second kappa shape index (κ2) is 8.33. The van der Waals surface area contributed by atoms with Crippen LogP contribution in [0.15, 0.2) is 24.3 Å². The van der Waals surface area contributed by atoms with Gasteiger partial charge >= 0.3 is 0 Å². The summed E-state index contributed by atoms with van der Waals surface area (Å²) in [6.45, 7) is 7.37. The van der Waals surface area contributed by atoms with Crippen molar-refractivity contribution < 1.29 is 5.11 Å². The molecule has 0 bridgehead atoms. The Labute approximate surface area is 140 Å². The fraction of sp³-hybridized carbons (Fsp3) is 0.684. The third kappa shape index (κ3) is 4.24. The predicted octanol–water partition coefficient (Wildman–Crippen LogP) is 4.84. The SMILES string of the molecule is CCN(CC)CC[C@](O)(c1cccc(Cl)c1)C1CCCCC1. The van der Waals surface area contributed by atoms with Crippen molar-refractivity contribution in [1.29, 1.82) is 0 Å². The van der Waals surface area contributed by atoms with Crippen LogP contribution < -0.4 is 0 Å². The lowest BCUT2D eigenvalue weighted by molar-refractivity contribution is -0.0516. The molecule has 0 heterocycles. The fourth-order valence-electron chi connectivity index (χ4n) is 3.79. The van der Waals surface area contributed by atoms with E-state index >= 15 is 0 Å². The Kier molecular flexibility index (Phi) is 6.73. The van der Waals surface area contributed by atoms with Crippen molar-refractivity contribution >= 4 is 11.6 Å². The summed E-state index contributed by atoms with van der Waals surface area (Å²) in [5, 5.41) is 12.3. The van der Waals surface area contributed by atoms with Gasteiger partial charge in [-0.2, -0.15) is 0 Å². The Hall–Kier alpha value is -0.570. The number of aliphatic hydroxyl groups is 1. The highest BCUT2D eigenvalue weighted by Gasteiger charge is 2.38. The van der Waals surface area contributed by atoms with Crippen LogP contribution in [0.25, 0.3) is 0 Å². The highest BCUT2D eigenvalue weighted by molar-refractivity contribution is 6.30. The van der Waals surface area contributed by atoms with E-state index in [2.05, 4.69) is 18.7 Å². The highest BCUT2D eigenvalue weighted by Crippen LogP contribution is 2.42. The predicted molar refractivity (Wildman–Crippen MR) is 94.3 cm³/mol. The Bertz CT molecular complexity index is 455. The summed E-state index contributed by atoms with van der Waals surface area (Å²) < 4.78 is 0. The van der Waals surface area contributed by atoms with Gasteiger partial charge in [-0.15, -0.1) is 0 Å². The van der Waals surface area contributed by atoms with E-state index in [1.165, 1.54) is 19.3 Å². The van der Waals surface area contributed by atoms with Crippen molar-refractivity contribution in [2.75, 3.05) is 19.6 Å². The van der Waals surface area contributed by atoms with Crippen LogP contribution in [0.4, 0.5) is 0 Å². The molecule has 0 radical (unpaired) electrons. The van der Waals surface area contributed by atoms with E-state index < -0.39 is 5.60 Å². The molecule has 1 aromatic rings. The van der Waals surface area contributed by atoms with Crippen LogP contribution in [-0.4, -0.2) is 29.6 Å². The van der Waals surface area contributed by atoms with Gasteiger partial charge < -0.3 is 10.0 Å². The summed E-state index contributed by atoms with van der Waals surface area (Å²) in [6, 6.07) is 7.85. The molecule has 2 rings (SSSR count). The molecule has 0 aliphatic heterocycles. The molecule has 0 saturated heterocycles.